The fourth-order valence-electron chi connectivity index (χ4n) is 5.21. The van der Waals surface area contributed by atoms with Gasteiger partial charge >= 0.3 is 0 Å². The van der Waals surface area contributed by atoms with Crippen molar-refractivity contribution < 1.29 is 0 Å². The minimum Gasteiger partial charge on any atom is -0.0651 e. The summed E-state index contributed by atoms with van der Waals surface area (Å²) < 4.78 is 0. The van der Waals surface area contributed by atoms with Gasteiger partial charge in [0.15, 0.2) is 0 Å². The van der Waals surface area contributed by atoms with Crippen LogP contribution in [0.5, 0.6) is 0 Å². The van der Waals surface area contributed by atoms with E-state index in [0.717, 1.165) is 22.7 Å². The molecular formula is C18H32. The predicted octanol–water partition coefficient (Wildman–Crippen LogP) is 5.95. The molecule has 4 aliphatic carbocycles. The van der Waals surface area contributed by atoms with E-state index in [1.54, 1.807) is 38.5 Å². The normalized spacial score (nSPS) is 48.3. The van der Waals surface area contributed by atoms with Gasteiger partial charge in [0.25, 0.3) is 0 Å². The summed E-state index contributed by atoms with van der Waals surface area (Å²) in [6.07, 6.45) is 18.5. The predicted molar refractivity (Wildman–Crippen MR) is 78.6 cm³/mol. The molecule has 2 bridgehead atoms. The molecule has 4 saturated carbocycles. The van der Waals surface area contributed by atoms with Crippen molar-refractivity contribution in [3.63, 3.8) is 0 Å². The number of rotatable bonds is 3. The molecule has 0 heterocycles. The Kier molecular flexibility index (Phi) is 3.49. The Morgan fingerprint density at radius 3 is 1.78 bits per heavy atom. The zero-order chi connectivity index (χ0) is 12.6. The monoisotopic (exact) mass is 248 g/mol. The van der Waals surface area contributed by atoms with Gasteiger partial charge in [-0.3, -0.25) is 0 Å². The van der Waals surface area contributed by atoms with Crippen molar-refractivity contribution in [2.24, 2.45) is 22.7 Å². The molecule has 0 radical (unpaired) electrons. The maximum atomic E-state index is 2.54. The van der Waals surface area contributed by atoms with Crippen LogP contribution in [0.3, 0.4) is 0 Å². The summed E-state index contributed by atoms with van der Waals surface area (Å²) in [6.45, 7) is 4.93. The maximum absolute atomic E-state index is 2.54. The van der Waals surface area contributed by atoms with Crippen molar-refractivity contribution in [1.82, 2.24) is 0 Å². The SMILES string of the molecule is CCC1CCC(CC23CCC(C)(CC2)CC3)CC1. The molecule has 4 aliphatic rings. The topological polar surface area (TPSA) is 0 Å². The molecule has 0 saturated heterocycles. The second-order valence-corrected chi connectivity index (χ2v) is 8.31. The summed E-state index contributed by atoms with van der Waals surface area (Å²) in [5.41, 5.74) is 1.56. The molecule has 0 spiro atoms. The van der Waals surface area contributed by atoms with Crippen molar-refractivity contribution in [2.75, 3.05) is 0 Å². The van der Waals surface area contributed by atoms with Crippen LogP contribution in [0, 0.1) is 22.7 Å². The van der Waals surface area contributed by atoms with E-state index in [0.29, 0.717) is 0 Å². The molecule has 0 aromatic heterocycles. The Labute approximate surface area is 114 Å². The van der Waals surface area contributed by atoms with Crippen molar-refractivity contribution in [3.05, 3.63) is 0 Å². The third-order valence-corrected chi connectivity index (χ3v) is 7.04. The van der Waals surface area contributed by atoms with Gasteiger partial charge < -0.3 is 0 Å². The summed E-state index contributed by atoms with van der Waals surface area (Å²) in [7, 11) is 0. The first kappa shape index (κ1) is 13.0. The lowest BCUT2D eigenvalue weighted by Crippen LogP contribution is -2.41. The molecule has 0 aliphatic heterocycles. The zero-order valence-electron chi connectivity index (χ0n) is 12.6. The Bertz CT molecular complexity index is 258. The molecule has 0 nitrogen and oxygen atoms in total. The van der Waals surface area contributed by atoms with E-state index in [1.807, 2.05) is 0 Å². The van der Waals surface area contributed by atoms with E-state index in [9.17, 15) is 0 Å². The number of fused-ring (bicyclic) bond motifs is 3. The van der Waals surface area contributed by atoms with Gasteiger partial charge in [0.2, 0.25) is 0 Å². The third-order valence-electron chi connectivity index (χ3n) is 7.04. The van der Waals surface area contributed by atoms with Crippen LogP contribution in [0.25, 0.3) is 0 Å². The average Bonchev–Trinajstić information content (AvgIpc) is 2.42. The lowest BCUT2D eigenvalue weighted by Gasteiger charge is -2.53. The molecule has 18 heavy (non-hydrogen) atoms. The van der Waals surface area contributed by atoms with Gasteiger partial charge in [-0.1, -0.05) is 46.0 Å². The molecule has 0 aromatic rings. The Morgan fingerprint density at radius 2 is 1.28 bits per heavy atom. The molecule has 4 fully saturated rings. The molecule has 0 amide bonds. The van der Waals surface area contributed by atoms with Gasteiger partial charge in [-0.25, -0.2) is 0 Å². The van der Waals surface area contributed by atoms with Gasteiger partial charge in [-0.05, 0) is 67.6 Å². The fourth-order valence-corrected chi connectivity index (χ4v) is 5.21. The Balaban J connectivity index is 1.54. The molecule has 0 heteroatoms. The van der Waals surface area contributed by atoms with E-state index >= 15 is 0 Å². The van der Waals surface area contributed by atoms with Crippen LogP contribution < -0.4 is 0 Å². The third kappa shape index (κ3) is 2.49. The van der Waals surface area contributed by atoms with Crippen LogP contribution in [0.1, 0.15) is 90.9 Å². The zero-order valence-corrected chi connectivity index (χ0v) is 12.6. The molecule has 0 N–H and O–H groups in total. The average molecular weight is 248 g/mol. The fraction of sp³-hybridized carbons (Fsp3) is 1.00. The summed E-state index contributed by atoms with van der Waals surface area (Å²) in [4.78, 5) is 0. The first-order valence-electron chi connectivity index (χ1n) is 8.63. The van der Waals surface area contributed by atoms with Crippen LogP contribution in [-0.4, -0.2) is 0 Å². The largest absolute Gasteiger partial charge is 0.0651 e. The number of hydrogen-bond acceptors (Lipinski definition) is 0. The van der Waals surface area contributed by atoms with Gasteiger partial charge in [0, 0.05) is 0 Å². The minimum absolute atomic E-state index is 0.752. The van der Waals surface area contributed by atoms with Gasteiger partial charge in [-0.15, -0.1) is 0 Å². The van der Waals surface area contributed by atoms with E-state index < -0.39 is 0 Å². The molecule has 0 aromatic carbocycles. The Hall–Kier alpha value is 0. The van der Waals surface area contributed by atoms with E-state index in [4.69, 9.17) is 0 Å². The minimum atomic E-state index is 0.752. The smallest absolute Gasteiger partial charge is 0.0294 e. The van der Waals surface area contributed by atoms with E-state index in [-0.39, 0.29) is 0 Å². The summed E-state index contributed by atoms with van der Waals surface area (Å²) in [5, 5.41) is 0. The van der Waals surface area contributed by atoms with Gasteiger partial charge in [0.1, 0.15) is 0 Å². The van der Waals surface area contributed by atoms with E-state index in [1.165, 1.54) is 38.5 Å². The Morgan fingerprint density at radius 1 is 0.778 bits per heavy atom. The highest BCUT2D eigenvalue weighted by Crippen LogP contribution is 2.59. The maximum Gasteiger partial charge on any atom is -0.0294 e. The molecule has 4 rings (SSSR count). The first-order chi connectivity index (χ1) is 8.63. The molecule has 104 valence electrons. The summed E-state index contributed by atoms with van der Waals surface area (Å²) in [6, 6.07) is 0. The van der Waals surface area contributed by atoms with Crippen molar-refractivity contribution in [3.8, 4) is 0 Å². The highest BCUT2D eigenvalue weighted by Gasteiger charge is 2.46. The van der Waals surface area contributed by atoms with Crippen LogP contribution >= 0.6 is 0 Å². The van der Waals surface area contributed by atoms with Gasteiger partial charge in [0.05, 0.1) is 0 Å². The van der Waals surface area contributed by atoms with Crippen LogP contribution in [-0.2, 0) is 0 Å². The molecule has 0 atom stereocenters. The van der Waals surface area contributed by atoms with Crippen LogP contribution in [0.15, 0.2) is 0 Å². The van der Waals surface area contributed by atoms with Crippen molar-refractivity contribution in [1.29, 1.82) is 0 Å². The standard InChI is InChI=1S/C18H32/c1-3-15-4-6-16(7-5-15)14-18-11-8-17(2,9-12-18)10-13-18/h15-16H,3-14H2,1-2H3. The second-order valence-electron chi connectivity index (χ2n) is 8.31. The van der Waals surface area contributed by atoms with E-state index in [2.05, 4.69) is 13.8 Å². The summed E-state index contributed by atoms with van der Waals surface area (Å²) >= 11 is 0. The number of hydrogen-bond donors (Lipinski definition) is 0. The first-order valence-corrected chi connectivity index (χ1v) is 8.63. The summed E-state index contributed by atoms with van der Waals surface area (Å²) in [5.74, 6) is 2.16. The van der Waals surface area contributed by atoms with Crippen molar-refractivity contribution >= 4 is 0 Å². The van der Waals surface area contributed by atoms with Gasteiger partial charge in [-0.2, -0.15) is 0 Å². The quantitative estimate of drug-likeness (QED) is 0.578. The highest BCUT2D eigenvalue weighted by atomic mass is 14.5. The van der Waals surface area contributed by atoms with Crippen LogP contribution in [0.4, 0.5) is 0 Å². The molecular weight excluding hydrogens is 216 g/mol. The lowest BCUT2D eigenvalue weighted by molar-refractivity contribution is -0.0180. The van der Waals surface area contributed by atoms with Crippen LogP contribution in [0.2, 0.25) is 0 Å². The second kappa shape index (κ2) is 4.84. The van der Waals surface area contributed by atoms with Crippen molar-refractivity contribution in [2.45, 2.75) is 90.9 Å². The lowest BCUT2D eigenvalue weighted by atomic mass is 9.52. The highest BCUT2D eigenvalue weighted by molar-refractivity contribution is 4.98. The molecule has 0 unspecified atom stereocenters.